The van der Waals surface area contributed by atoms with Gasteiger partial charge in [-0.25, -0.2) is 9.97 Å². The summed E-state index contributed by atoms with van der Waals surface area (Å²) in [5, 5.41) is 1.08. The molecule has 0 spiro atoms. The molecular formula is C14H14N6. The van der Waals surface area contributed by atoms with E-state index in [-0.39, 0.29) is 0 Å². The maximum Gasteiger partial charge on any atom is 0.142 e. The van der Waals surface area contributed by atoms with E-state index in [1.165, 1.54) is 0 Å². The van der Waals surface area contributed by atoms with Crippen molar-refractivity contribution in [2.75, 3.05) is 18.0 Å². The summed E-state index contributed by atoms with van der Waals surface area (Å²) in [6, 6.07) is 2.03. The summed E-state index contributed by atoms with van der Waals surface area (Å²) in [5.74, 6) is 1.43. The molecule has 100 valence electrons. The summed E-state index contributed by atoms with van der Waals surface area (Å²) in [6.45, 7) is 1.91. The zero-order valence-corrected chi connectivity index (χ0v) is 10.9. The molecule has 1 atom stereocenters. The van der Waals surface area contributed by atoms with Crippen LogP contribution in [0.5, 0.6) is 0 Å². The maximum atomic E-state index is 4.45. The van der Waals surface area contributed by atoms with Crippen molar-refractivity contribution in [1.82, 2.24) is 24.9 Å². The normalized spacial score (nSPS) is 18.8. The van der Waals surface area contributed by atoms with Gasteiger partial charge < -0.3 is 9.88 Å². The Kier molecular flexibility index (Phi) is 2.58. The van der Waals surface area contributed by atoms with E-state index < -0.39 is 0 Å². The smallest absolute Gasteiger partial charge is 0.142 e. The van der Waals surface area contributed by atoms with Gasteiger partial charge in [0.05, 0.1) is 11.1 Å². The Morgan fingerprint density at radius 2 is 2.20 bits per heavy atom. The molecular weight excluding hydrogens is 252 g/mol. The lowest BCUT2D eigenvalue weighted by molar-refractivity contribution is 0.737. The zero-order valence-electron chi connectivity index (χ0n) is 10.9. The first-order chi connectivity index (χ1) is 9.92. The van der Waals surface area contributed by atoms with E-state index in [0.717, 1.165) is 42.1 Å². The van der Waals surface area contributed by atoms with Gasteiger partial charge in [-0.2, -0.15) is 0 Å². The summed E-state index contributed by atoms with van der Waals surface area (Å²) in [6.07, 6.45) is 9.93. The summed E-state index contributed by atoms with van der Waals surface area (Å²) in [5.41, 5.74) is 1.95. The summed E-state index contributed by atoms with van der Waals surface area (Å²) >= 11 is 0. The van der Waals surface area contributed by atoms with Crippen LogP contribution in [-0.2, 0) is 0 Å². The third-order valence-corrected chi connectivity index (χ3v) is 3.82. The van der Waals surface area contributed by atoms with E-state index in [1.807, 2.05) is 18.5 Å². The molecule has 4 rings (SSSR count). The molecule has 3 aromatic rings. The molecule has 0 aliphatic carbocycles. The molecule has 6 nitrogen and oxygen atoms in total. The third kappa shape index (κ3) is 1.80. The fourth-order valence-corrected chi connectivity index (χ4v) is 2.83. The maximum absolute atomic E-state index is 4.45. The van der Waals surface area contributed by atoms with E-state index in [0.29, 0.717) is 5.92 Å². The van der Waals surface area contributed by atoms with Gasteiger partial charge in [0.15, 0.2) is 0 Å². The van der Waals surface area contributed by atoms with Crippen molar-refractivity contribution in [2.24, 2.45) is 0 Å². The molecule has 1 aliphatic heterocycles. The Morgan fingerprint density at radius 3 is 3.10 bits per heavy atom. The van der Waals surface area contributed by atoms with Crippen LogP contribution in [0.15, 0.2) is 37.2 Å². The molecule has 4 heterocycles. The first-order valence-electron chi connectivity index (χ1n) is 6.71. The minimum atomic E-state index is 0.424. The Hall–Kier alpha value is -2.50. The molecule has 3 aromatic heterocycles. The van der Waals surface area contributed by atoms with Crippen molar-refractivity contribution in [1.29, 1.82) is 0 Å². The largest absolute Gasteiger partial charge is 0.355 e. The van der Waals surface area contributed by atoms with Crippen molar-refractivity contribution in [2.45, 2.75) is 12.3 Å². The topological polar surface area (TPSA) is 70.6 Å². The highest BCUT2D eigenvalue weighted by Gasteiger charge is 2.27. The van der Waals surface area contributed by atoms with Gasteiger partial charge in [0, 0.05) is 43.8 Å². The van der Waals surface area contributed by atoms with Crippen molar-refractivity contribution >= 4 is 16.9 Å². The molecule has 0 amide bonds. The van der Waals surface area contributed by atoms with Gasteiger partial charge in [-0.1, -0.05) is 0 Å². The molecule has 1 N–H and O–H groups in total. The Morgan fingerprint density at radius 1 is 1.20 bits per heavy atom. The molecule has 1 fully saturated rings. The Bertz CT molecular complexity index is 723. The van der Waals surface area contributed by atoms with Crippen LogP contribution in [0.4, 0.5) is 5.82 Å². The second kappa shape index (κ2) is 4.56. The van der Waals surface area contributed by atoms with Gasteiger partial charge in [0.2, 0.25) is 0 Å². The number of rotatable bonds is 2. The van der Waals surface area contributed by atoms with Crippen molar-refractivity contribution in [3.05, 3.63) is 42.9 Å². The molecule has 20 heavy (non-hydrogen) atoms. The lowest BCUT2D eigenvalue weighted by Crippen LogP contribution is -2.21. The lowest BCUT2D eigenvalue weighted by atomic mass is 10.1. The number of nitrogens with zero attached hydrogens (tertiary/aromatic N) is 5. The average Bonchev–Trinajstić information content (AvgIpc) is 3.17. The number of H-pyrrole nitrogens is 1. The predicted octanol–water partition coefficient (Wildman–Crippen LogP) is 1.74. The monoisotopic (exact) mass is 266 g/mol. The van der Waals surface area contributed by atoms with Crippen molar-refractivity contribution in [3.63, 3.8) is 0 Å². The van der Waals surface area contributed by atoms with Gasteiger partial charge in [-0.05, 0) is 12.5 Å². The van der Waals surface area contributed by atoms with Crippen LogP contribution in [0.2, 0.25) is 0 Å². The Labute approximate surface area is 115 Å². The van der Waals surface area contributed by atoms with E-state index in [1.54, 1.807) is 18.7 Å². The summed E-state index contributed by atoms with van der Waals surface area (Å²) in [4.78, 5) is 22.7. The van der Waals surface area contributed by atoms with Crippen LogP contribution in [-0.4, -0.2) is 38.0 Å². The van der Waals surface area contributed by atoms with Crippen LogP contribution >= 0.6 is 0 Å². The molecule has 0 bridgehead atoms. The quantitative estimate of drug-likeness (QED) is 0.765. The molecule has 1 unspecified atom stereocenters. The van der Waals surface area contributed by atoms with Crippen molar-refractivity contribution in [3.8, 4) is 0 Å². The first-order valence-corrected chi connectivity index (χ1v) is 6.71. The number of hydrogen-bond acceptors (Lipinski definition) is 5. The zero-order chi connectivity index (χ0) is 13.4. The Balaban J connectivity index is 1.64. The molecule has 0 radical (unpaired) electrons. The SMILES string of the molecule is c1cnc(C2CCN(c3ncnc4[nH]ccc34)C2)cn1. The van der Waals surface area contributed by atoms with Gasteiger partial charge in [-0.3, -0.25) is 9.97 Å². The number of aromatic amines is 1. The van der Waals surface area contributed by atoms with Gasteiger partial charge in [0.25, 0.3) is 0 Å². The van der Waals surface area contributed by atoms with Crippen LogP contribution in [0.3, 0.4) is 0 Å². The molecule has 6 heteroatoms. The molecule has 0 saturated carbocycles. The lowest BCUT2D eigenvalue weighted by Gasteiger charge is -2.17. The fourth-order valence-electron chi connectivity index (χ4n) is 2.83. The number of nitrogens with one attached hydrogen (secondary N) is 1. The first kappa shape index (κ1) is 11.3. The second-order valence-corrected chi connectivity index (χ2v) is 5.00. The van der Waals surface area contributed by atoms with Crippen LogP contribution in [0, 0.1) is 0 Å². The number of anilines is 1. The number of aromatic nitrogens is 5. The summed E-state index contributed by atoms with van der Waals surface area (Å²) < 4.78 is 0. The van der Waals surface area contributed by atoms with Crippen LogP contribution in [0.25, 0.3) is 11.0 Å². The van der Waals surface area contributed by atoms with Crippen LogP contribution < -0.4 is 4.90 Å². The highest BCUT2D eigenvalue weighted by atomic mass is 15.2. The van der Waals surface area contributed by atoms with Gasteiger partial charge in [0.1, 0.15) is 17.8 Å². The summed E-state index contributed by atoms with van der Waals surface area (Å²) in [7, 11) is 0. The predicted molar refractivity (Wildman–Crippen MR) is 75.5 cm³/mol. The van der Waals surface area contributed by atoms with E-state index in [4.69, 9.17) is 0 Å². The minimum Gasteiger partial charge on any atom is -0.355 e. The van der Waals surface area contributed by atoms with Gasteiger partial charge >= 0.3 is 0 Å². The molecule has 1 aliphatic rings. The van der Waals surface area contributed by atoms with Crippen LogP contribution in [0.1, 0.15) is 18.0 Å². The minimum absolute atomic E-state index is 0.424. The number of fused-ring (bicyclic) bond motifs is 1. The van der Waals surface area contributed by atoms with Crippen molar-refractivity contribution < 1.29 is 0 Å². The fraction of sp³-hybridized carbons (Fsp3) is 0.286. The number of hydrogen-bond donors (Lipinski definition) is 1. The van der Waals surface area contributed by atoms with E-state index in [9.17, 15) is 0 Å². The highest BCUT2D eigenvalue weighted by Crippen LogP contribution is 2.31. The third-order valence-electron chi connectivity index (χ3n) is 3.82. The second-order valence-electron chi connectivity index (χ2n) is 5.00. The molecule has 1 saturated heterocycles. The highest BCUT2D eigenvalue weighted by molar-refractivity contribution is 5.87. The average molecular weight is 266 g/mol. The molecule has 0 aromatic carbocycles. The van der Waals surface area contributed by atoms with E-state index in [2.05, 4.69) is 29.8 Å². The standard InChI is InChI=1S/C14H14N6/c1-3-17-13-11(1)14(19-9-18-13)20-6-2-10(8-20)12-7-15-4-5-16-12/h1,3-5,7,9-10H,2,6,8H2,(H,17,18,19). The van der Waals surface area contributed by atoms with E-state index >= 15 is 0 Å². The van der Waals surface area contributed by atoms with Gasteiger partial charge in [-0.15, -0.1) is 0 Å².